The first-order valence-corrected chi connectivity index (χ1v) is 7.80. The number of allylic oxidation sites excluding steroid dienone is 1. The molecule has 0 nitrogen and oxygen atoms in total. The summed E-state index contributed by atoms with van der Waals surface area (Å²) in [6, 6.07) is 19.4. The fraction of sp³-hybridized carbons (Fsp3) is 0.0588. The van der Waals surface area contributed by atoms with Crippen molar-refractivity contribution in [2.75, 3.05) is 0 Å². The van der Waals surface area contributed by atoms with E-state index in [0.717, 1.165) is 3.81 Å². The molecule has 0 aromatic heterocycles. The van der Waals surface area contributed by atoms with E-state index in [1.165, 1.54) is 26.4 Å². The van der Waals surface area contributed by atoms with Crippen LogP contribution in [0.15, 0.2) is 69.4 Å². The fourth-order valence-electron chi connectivity index (χ4n) is 2.27. The molecular weight excluding hydrogens is 316 g/mol. The molecule has 0 saturated heterocycles. The SMILES string of the molecule is C/C=C(/Br)Sc1cc2ccccc2c2ccccc12. The Morgan fingerprint density at radius 2 is 1.58 bits per heavy atom. The van der Waals surface area contributed by atoms with Gasteiger partial charge in [0.05, 0.1) is 3.81 Å². The summed E-state index contributed by atoms with van der Waals surface area (Å²) < 4.78 is 1.15. The molecule has 0 saturated carbocycles. The smallest absolute Gasteiger partial charge is 0.0509 e. The zero-order valence-electron chi connectivity index (χ0n) is 10.6. The van der Waals surface area contributed by atoms with Crippen molar-refractivity contribution in [3.63, 3.8) is 0 Å². The third-order valence-corrected chi connectivity index (χ3v) is 5.10. The number of benzene rings is 3. The monoisotopic (exact) mass is 328 g/mol. The summed E-state index contributed by atoms with van der Waals surface area (Å²) >= 11 is 5.35. The average Bonchev–Trinajstić information content (AvgIpc) is 2.47. The van der Waals surface area contributed by atoms with E-state index in [4.69, 9.17) is 0 Å². The quantitative estimate of drug-likeness (QED) is 0.390. The van der Waals surface area contributed by atoms with Crippen molar-refractivity contribution in [1.82, 2.24) is 0 Å². The van der Waals surface area contributed by atoms with Gasteiger partial charge < -0.3 is 0 Å². The van der Waals surface area contributed by atoms with Gasteiger partial charge >= 0.3 is 0 Å². The Bertz CT molecular complexity index is 774. The van der Waals surface area contributed by atoms with Crippen LogP contribution in [0, 0.1) is 0 Å². The van der Waals surface area contributed by atoms with E-state index < -0.39 is 0 Å². The molecule has 19 heavy (non-hydrogen) atoms. The van der Waals surface area contributed by atoms with Gasteiger partial charge in [0.2, 0.25) is 0 Å². The Balaban J connectivity index is 2.35. The van der Waals surface area contributed by atoms with Crippen molar-refractivity contribution >= 4 is 49.2 Å². The van der Waals surface area contributed by atoms with Crippen LogP contribution in [0.3, 0.4) is 0 Å². The highest BCUT2D eigenvalue weighted by Crippen LogP contribution is 2.39. The molecular formula is C17H13BrS. The molecule has 0 spiro atoms. The Hall–Kier alpha value is -1.25. The lowest BCUT2D eigenvalue weighted by atomic mass is 10.0. The third kappa shape index (κ3) is 2.43. The molecule has 3 aromatic rings. The average molecular weight is 329 g/mol. The van der Waals surface area contributed by atoms with E-state index >= 15 is 0 Å². The van der Waals surface area contributed by atoms with Crippen LogP contribution in [0.2, 0.25) is 0 Å². The maximum atomic E-state index is 3.59. The molecule has 0 fully saturated rings. The zero-order chi connectivity index (χ0) is 13.2. The van der Waals surface area contributed by atoms with Gasteiger partial charge in [-0.1, -0.05) is 66.4 Å². The predicted octanol–water partition coefficient (Wildman–Crippen LogP) is 6.34. The van der Waals surface area contributed by atoms with Gasteiger partial charge in [-0.15, -0.1) is 0 Å². The van der Waals surface area contributed by atoms with Gasteiger partial charge in [0.1, 0.15) is 0 Å². The van der Waals surface area contributed by atoms with E-state index in [9.17, 15) is 0 Å². The summed E-state index contributed by atoms with van der Waals surface area (Å²) in [6.07, 6.45) is 2.08. The summed E-state index contributed by atoms with van der Waals surface area (Å²) in [6.45, 7) is 2.04. The van der Waals surface area contributed by atoms with Crippen LogP contribution >= 0.6 is 27.7 Å². The van der Waals surface area contributed by atoms with Crippen molar-refractivity contribution in [2.24, 2.45) is 0 Å². The van der Waals surface area contributed by atoms with Crippen molar-refractivity contribution in [3.05, 3.63) is 64.5 Å². The first kappa shape index (κ1) is 12.8. The Labute approximate surface area is 125 Å². The van der Waals surface area contributed by atoms with Gasteiger partial charge in [-0.3, -0.25) is 0 Å². The van der Waals surface area contributed by atoms with Crippen LogP contribution in [-0.4, -0.2) is 0 Å². The molecule has 0 N–H and O–H groups in total. The van der Waals surface area contributed by atoms with Crippen molar-refractivity contribution in [2.45, 2.75) is 11.8 Å². The van der Waals surface area contributed by atoms with Crippen LogP contribution < -0.4 is 0 Å². The summed E-state index contributed by atoms with van der Waals surface area (Å²) in [4.78, 5) is 1.29. The summed E-state index contributed by atoms with van der Waals surface area (Å²) in [5.74, 6) is 0. The molecule has 94 valence electrons. The molecule has 0 heterocycles. The summed E-state index contributed by atoms with van der Waals surface area (Å²) in [7, 11) is 0. The van der Waals surface area contributed by atoms with Gasteiger partial charge in [-0.25, -0.2) is 0 Å². The Morgan fingerprint density at radius 1 is 0.947 bits per heavy atom. The molecule has 0 amide bonds. The number of halogens is 1. The van der Waals surface area contributed by atoms with Crippen LogP contribution in [0.5, 0.6) is 0 Å². The molecule has 0 unspecified atom stereocenters. The number of thioether (sulfide) groups is 1. The van der Waals surface area contributed by atoms with Gasteiger partial charge in [0, 0.05) is 4.90 Å². The van der Waals surface area contributed by atoms with Crippen LogP contribution in [-0.2, 0) is 0 Å². The Morgan fingerprint density at radius 3 is 2.32 bits per heavy atom. The highest BCUT2D eigenvalue weighted by molar-refractivity contribution is 9.14. The standard InChI is InChI=1S/C17H13BrS/c1-2-17(18)19-16-11-12-7-3-4-8-13(12)14-9-5-6-10-15(14)16/h2-11H,1H3/b17-2-. The van der Waals surface area contributed by atoms with Crippen LogP contribution in [0.1, 0.15) is 6.92 Å². The third-order valence-electron chi connectivity index (χ3n) is 3.16. The van der Waals surface area contributed by atoms with E-state index in [2.05, 4.69) is 76.6 Å². The maximum absolute atomic E-state index is 3.59. The predicted molar refractivity (Wildman–Crippen MR) is 90.0 cm³/mol. The molecule has 0 aliphatic carbocycles. The van der Waals surface area contributed by atoms with Crippen LogP contribution in [0.25, 0.3) is 21.5 Å². The van der Waals surface area contributed by atoms with Gasteiger partial charge in [0.15, 0.2) is 0 Å². The van der Waals surface area contributed by atoms with E-state index in [1.54, 1.807) is 11.8 Å². The van der Waals surface area contributed by atoms with Gasteiger partial charge in [-0.2, -0.15) is 0 Å². The summed E-state index contributed by atoms with van der Waals surface area (Å²) in [5, 5.41) is 5.24. The topological polar surface area (TPSA) is 0 Å². The second-order valence-corrected chi connectivity index (χ2v) is 6.80. The molecule has 3 aromatic carbocycles. The number of rotatable bonds is 2. The molecule has 0 aliphatic heterocycles. The largest absolute Gasteiger partial charge is 0.0822 e. The summed E-state index contributed by atoms with van der Waals surface area (Å²) in [5.41, 5.74) is 0. The van der Waals surface area contributed by atoms with E-state index in [1.807, 2.05) is 6.92 Å². The lowest BCUT2D eigenvalue weighted by molar-refractivity contribution is 1.59. The first-order valence-electron chi connectivity index (χ1n) is 6.20. The molecule has 0 radical (unpaired) electrons. The number of fused-ring (bicyclic) bond motifs is 3. The normalized spacial score (nSPS) is 12.2. The highest BCUT2D eigenvalue weighted by Gasteiger charge is 2.07. The van der Waals surface area contributed by atoms with Crippen LogP contribution in [0.4, 0.5) is 0 Å². The van der Waals surface area contributed by atoms with Crippen molar-refractivity contribution in [1.29, 1.82) is 0 Å². The molecule has 0 aliphatic rings. The maximum Gasteiger partial charge on any atom is 0.0509 e. The second-order valence-electron chi connectivity index (χ2n) is 4.34. The minimum absolute atomic E-state index is 1.15. The van der Waals surface area contributed by atoms with Crippen molar-refractivity contribution in [3.8, 4) is 0 Å². The highest BCUT2D eigenvalue weighted by atomic mass is 79.9. The van der Waals surface area contributed by atoms with E-state index in [-0.39, 0.29) is 0 Å². The lowest BCUT2D eigenvalue weighted by Crippen LogP contribution is -1.81. The lowest BCUT2D eigenvalue weighted by Gasteiger charge is -2.09. The molecule has 0 atom stereocenters. The Kier molecular flexibility index (Phi) is 3.63. The first-order chi connectivity index (χ1) is 9.29. The van der Waals surface area contributed by atoms with Crippen molar-refractivity contribution < 1.29 is 0 Å². The minimum Gasteiger partial charge on any atom is -0.0822 e. The minimum atomic E-state index is 1.15. The van der Waals surface area contributed by atoms with E-state index in [0.29, 0.717) is 0 Å². The molecule has 0 bridgehead atoms. The zero-order valence-corrected chi connectivity index (χ0v) is 13.0. The number of hydrogen-bond donors (Lipinski definition) is 0. The fourth-order valence-corrected chi connectivity index (χ4v) is 3.59. The molecule has 2 heteroatoms. The van der Waals surface area contributed by atoms with Gasteiger partial charge in [-0.05, 0) is 50.5 Å². The number of hydrogen-bond acceptors (Lipinski definition) is 1. The molecule has 3 rings (SSSR count). The second kappa shape index (κ2) is 5.40. The van der Waals surface area contributed by atoms with Gasteiger partial charge in [0.25, 0.3) is 0 Å².